The fourth-order valence-corrected chi connectivity index (χ4v) is 5.85. The van der Waals surface area contributed by atoms with Crippen molar-refractivity contribution < 1.29 is 23.9 Å². The highest BCUT2D eigenvalue weighted by Crippen LogP contribution is 2.46. The molecule has 2 aromatic rings. The largest absolute Gasteiger partial charge is 0.469 e. The summed E-state index contributed by atoms with van der Waals surface area (Å²) < 4.78 is 12.0. The number of esters is 1. The predicted molar refractivity (Wildman–Crippen MR) is 166 cm³/mol. The maximum absolute atomic E-state index is 13.6. The smallest absolute Gasteiger partial charge is 0.338 e. The van der Waals surface area contributed by atoms with Gasteiger partial charge in [0, 0.05) is 6.54 Å². The number of nitrogens with one attached hydrogen (secondary N) is 1. The van der Waals surface area contributed by atoms with E-state index in [9.17, 15) is 14.4 Å². The van der Waals surface area contributed by atoms with E-state index in [1.54, 1.807) is 12.1 Å². The summed E-state index contributed by atoms with van der Waals surface area (Å²) >= 11 is 0. The summed E-state index contributed by atoms with van der Waals surface area (Å²) in [5.74, 6) is -0.0797. The molecule has 8 heteroatoms. The van der Waals surface area contributed by atoms with E-state index in [0.29, 0.717) is 37.3 Å². The van der Waals surface area contributed by atoms with Crippen molar-refractivity contribution in [3.8, 4) is 5.75 Å². The second-order valence-electron chi connectivity index (χ2n) is 11.3. The molecule has 230 valence electrons. The second-order valence-corrected chi connectivity index (χ2v) is 11.3. The molecule has 1 aliphatic heterocycles. The molecule has 1 aliphatic rings. The van der Waals surface area contributed by atoms with Crippen molar-refractivity contribution in [3.05, 3.63) is 64.2 Å². The van der Waals surface area contributed by atoms with Crippen molar-refractivity contribution in [2.24, 2.45) is 5.41 Å². The van der Waals surface area contributed by atoms with E-state index in [-0.39, 0.29) is 17.9 Å². The number of urea groups is 1. The van der Waals surface area contributed by atoms with E-state index in [1.165, 1.54) is 4.90 Å². The Morgan fingerprint density at radius 2 is 1.57 bits per heavy atom. The summed E-state index contributed by atoms with van der Waals surface area (Å²) in [6.07, 6.45) is 1.96. The molecular weight excluding hydrogens is 530 g/mol. The zero-order valence-corrected chi connectivity index (χ0v) is 26.7. The Morgan fingerprint density at radius 3 is 2.10 bits per heavy atom. The first-order valence-electron chi connectivity index (χ1n) is 15.4. The Hall–Kier alpha value is -3.39. The third kappa shape index (κ3) is 6.97. The van der Waals surface area contributed by atoms with E-state index in [2.05, 4.69) is 31.0 Å². The first kappa shape index (κ1) is 33.1. The number of carbonyl (C=O) groups is 3. The van der Waals surface area contributed by atoms with Gasteiger partial charge in [0.2, 0.25) is 5.91 Å². The molecule has 2 atom stereocenters. The van der Waals surface area contributed by atoms with Crippen LogP contribution in [0.5, 0.6) is 5.75 Å². The third-order valence-corrected chi connectivity index (χ3v) is 8.68. The van der Waals surface area contributed by atoms with E-state index >= 15 is 0 Å². The summed E-state index contributed by atoms with van der Waals surface area (Å²) in [6, 6.07) is 11.0. The summed E-state index contributed by atoms with van der Waals surface area (Å²) in [6.45, 7) is 18.7. The number of hydrogen-bond donors (Lipinski definition) is 1. The van der Waals surface area contributed by atoms with Crippen molar-refractivity contribution in [1.82, 2.24) is 15.1 Å². The lowest BCUT2D eigenvalue weighted by Gasteiger charge is -2.53. The van der Waals surface area contributed by atoms with Crippen molar-refractivity contribution >= 4 is 17.9 Å². The number of nitrogens with zero attached hydrogens (tertiary/aromatic N) is 2. The molecule has 3 amide bonds. The van der Waals surface area contributed by atoms with Crippen molar-refractivity contribution in [2.75, 3.05) is 26.2 Å². The lowest BCUT2D eigenvalue weighted by atomic mass is 9.72. The van der Waals surface area contributed by atoms with Gasteiger partial charge in [-0.1, -0.05) is 70.9 Å². The number of hydrogen-bond acceptors (Lipinski definition) is 6. The van der Waals surface area contributed by atoms with E-state index < -0.39 is 17.7 Å². The molecule has 0 spiro atoms. The fourth-order valence-electron chi connectivity index (χ4n) is 5.85. The molecule has 0 unspecified atom stereocenters. The highest BCUT2D eigenvalue weighted by Gasteiger charge is 2.63. The number of imide groups is 1. The quantitative estimate of drug-likeness (QED) is 0.198. The molecule has 1 N–H and O–H groups in total. The first-order chi connectivity index (χ1) is 20.1. The molecule has 1 heterocycles. The second kappa shape index (κ2) is 14.7. The number of benzene rings is 2. The maximum atomic E-state index is 13.6. The molecule has 1 fully saturated rings. The third-order valence-electron chi connectivity index (χ3n) is 8.68. The lowest BCUT2D eigenvalue weighted by Crippen LogP contribution is -2.73. The first-order valence-corrected chi connectivity index (χ1v) is 15.4. The normalized spacial score (nSPS) is 16.6. The Morgan fingerprint density at radius 1 is 0.976 bits per heavy atom. The number of β-lactam (4-membered cyclic amide) rings is 1. The van der Waals surface area contributed by atoms with Gasteiger partial charge >= 0.3 is 12.0 Å². The molecule has 3 rings (SSSR count). The molecule has 1 saturated heterocycles. The van der Waals surface area contributed by atoms with Crippen LogP contribution in [-0.2, 0) is 9.53 Å². The lowest BCUT2D eigenvalue weighted by molar-refractivity contribution is -0.191. The monoisotopic (exact) mass is 579 g/mol. The number of aryl methyl sites for hydroxylation is 3. The minimum absolute atomic E-state index is 0.216. The molecule has 2 aromatic carbocycles. The Labute approximate surface area is 251 Å². The van der Waals surface area contributed by atoms with Crippen LogP contribution in [0.3, 0.4) is 0 Å². The Kier molecular flexibility index (Phi) is 11.6. The van der Waals surface area contributed by atoms with Crippen molar-refractivity contribution in [1.29, 1.82) is 0 Å². The van der Waals surface area contributed by atoms with Gasteiger partial charge in [0.25, 0.3) is 0 Å². The van der Waals surface area contributed by atoms with Crippen LogP contribution in [0.25, 0.3) is 0 Å². The highest BCUT2D eigenvalue weighted by molar-refractivity contribution is 6.03. The van der Waals surface area contributed by atoms with Crippen molar-refractivity contribution in [3.63, 3.8) is 0 Å². The minimum atomic E-state index is -0.800. The summed E-state index contributed by atoms with van der Waals surface area (Å²) in [5, 5.41) is 3.09. The van der Waals surface area contributed by atoms with Gasteiger partial charge in [0.05, 0.1) is 11.6 Å². The van der Waals surface area contributed by atoms with E-state index in [0.717, 1.165) is 48.2 Å². The number of likely N-dealkylation sites (N-methyl/N-ethyl adjacent to an activating group) is 1. The van der Waals surface area contributed by atoms with Crippen LogP contribution in [0.1, 0.15) is 99.0 Å². The SMILES string of the molecule is CCC[C@H](NC(=O)N1C(=O)C(CC)(CC)[C@@H]1Oc1cc(C)c(C(=O)OCCN(CC)CC)c(C)c1)c1ccc(C)cc1. The standard InChI is InChI=1S/C34H49N3O5/c1-9-14-28(26-17-15-23(6)16-18-26)35-33(40)37-31(39)34(10-2,11-3)32(37)42-27-21-24(7)29(25(8)22-27)30(38)41-20-19-36(12-4)13-5/h15-18,21-22,28,32H,9-14,19-20H2,1-8H3,(H,35,40)/t28-,32-/m0/s1. The van der Waals surface area contributed by atoms with E-state index in [4.69, 9.17) is 9.47 Å². The topological polar surface area (TPSA) is 88.2 Å². The average molecular weight is 580 g/mol. The minimum Gasteiger partial charge on any atom is -0.469 e. The molecular formula is C34H49N3O5. The average Bonchev–Trinajstić information content (AvgIpc) is 2.96. The van der Waals surface area contributed by atoms with Crippen LogP contribution >= 0.6 is 0 Å². The van der Waals surface area contributed by atoms with Crippen LogP contribution in [0.15, 0.2) is 36.4 Å². The van der Waals surface area contributed by atoms with Crippen LogP contribution in [0, 0.1) is 26.2 Å². The highest BCUT2D eigenvalue weighted by atomic mass is 16.5. The number of carbonyl (C=O) groups excluding carboxylic acids is 3. The van der Waals surface area contributed by atoms with Gasteiger partial charge < -0.3 is 19.7 Å². The Balaban J connectivity index is 1.81. The fraction of sp³-hybridized carbons (Fsp3) is 0.559. The van der Waals surface area contributed by atoms with Gasteiger partial charge in [-0.3, -0.25) is 4.79 Å². The molecule has 0 saturated carbocycles. The molecule has 8 nitrogen and oxygen atoms in total. The summed E-state index contributed by atoms with van der Waals surface area (Å²) in [5.41, 5.74) is 3.31. The van der Waals surface area contributed by atoms with Gasteiger partial charge in [-0.25, -0.2) is 14.5 Å². The molecule has 0 bridgehead atoms. The van der Waals surface area contributed by atoms with Crippen LogP contribution in [0.2, 0.25) is 0 Å². The van der Waals surface area contributed by atoms with Crippen molar-refractivity contribution in [2.45, 2.75) is 93.3 Å². The van der Waals surface area contributed by atoms with Gasteiger partial charge in [-0.15, -0.1) is 0 Å². The van der Waals surface area contributed by atoms with Gasteiger partial charge in [0.15, 0.2) is 6.23 Å². The van der Waals surface area contributed by atoms with Crippen LogP contribution in [0.4, 0.5) is 4.79 Å². The van der Waals surface area contributed by atoms with Gasteiger partial charge in [-0.05, 0) is 81.9 Å². The summed E-state index contributed by atoms with van der Waals surface area (Å²) in [4.78, 5) is 43.5. The maximum Gasteiger partial charge on any atom is 0.338 e. The van der Waals surface area contributed by atoms with Gasteiger partial charge in [-0.2, -0.15) is 0 Å². The number of likely N-dealkylation sites (tertiary alicyclic amines) is 1. The van der Waals surface area contributed by atoms with Gasteiger partial charge in [0.1, 0.15) is 17.8 Å². The zero-order valence-electron chi connectivity index (χ0n) is 26.7. The predicted octanol–water partition coefficient (Wildman–Crippen LogP) is 6.71. The Bertz CT molecular complexity index is 1210. The molecule has 0 aliphatic carbocycles. The van der Waals surface area contributed by atoms with Crippen LogP contribution < -0.4 is 10.1 Å². The summed E-state index contributed by atoms with van der Waals surface area (Å²) in [7, 11) is 0. The molecule has 0 radical (unpaired) electrons. The van der Waals surface area contributed by atoms with Crippen LogP contribution in [-0.4, -0.2) is 60.2 Å². The number of amides is 3. The zero-order chi connectivity index (χ0) is 31.0. The molecule has 0 aromatic heterocycles. The van der Waals surface area contributed by atoms with E-state index in [1.807, 2.05) is 58.9 Å². The number of rotatable bonds is 14. The number of ether oxygens (including phenoxy) is 2. The molecule has 42 heavy (non-hydrogen) atoms.